The second-order valence-corrected chi connectivity index (χ2v) is 15.8. The largest absolute Gasteiger partial charge is 0.508 e. The number of phenolic OH excluding ortho intramolecular Hbond substituents is 1. The lowest BCUT2D eigenvalue weighted by molar-refractivity contribution is 0.107. The minimum absolute atomic E-state index is 0.0280. The molecule has 0 radical (unpaired) electrons. The Hall–Kier alpha value is -3.64. The zero-order chi connectivity index (χ0) is 32.0. The fourth-order valence-corrected chi connectivity index (χ4v) is 10.7. The topological polar surface area (TPSA) is 95.9 Å². The number of anilines is 1. The number of nitrogens with zero attached hydrogens (tertiary/aromatic N) is 4. The molecule has 1 aromatic heterocycles. The van der Waals surface area contributed by atoms with Crippen LogP contribution < -0.4 is 9.64 Å². The van der Waals surface area contributed by atoms with Crippen molar-refractivity contribution >= 4 is 37.3 Å². The number of ether oxygens (including phenoxy) is 1. The van der Waals surface area contributed by atoms with Gasteiger partial charge in [-0.15, -0.1) is 0 Å². The Kier molecular flexibility index (Phi) is 6.92. The molecule has 3 aromatic carbocycles. The van der Waals surface area contributed by atoms with Crippen LogP contribution in [0, 0.1) is 11.6 Å². The van der Waals surface area contributed by atoms with Crippen LogP contribution in [-0.4, -0.2) is 83.4 Å². The number of sulfone groups is 1. The fraction of sp³-hybridized carbons (Fsp3) is 0.471. The maximum absolute atomic E-state index is 16.9. The van der Waals surface area contributed by atoms with E-state index in [1.54, 1.807) is 18.2 Å². The molecule has 5 heterocycles. The smallest absolute Gasteiger partial charge is 0.319 e. The van der Waals surface area contributed by atoms with E-state index in [1.807, 2.05) is 11.8 Å². The van der Waals surface area contributed by atoms with E-state index in [0.29, 0.717) is 65.3 Å². The summed E-state index contributed by atoms with van der Waals surface area (Å²) in [7, 11) is -3.24. The number of rotatable bonds is 6. The van der Waals surface area contributed by atoms with E-state index < -0.39 is 43.7 Å². The molecule has 8 rings (SSSR count). The van der Waals surface area contributed by atoms with Gasteiger partial charge >= 0.3 is 6.01 Å². The molecule has 0 aliphatic carbocycles. The number of fused-ring (bicyclic) bond motifs is 5. The van der Waals surface area contributed by atoms with Crippen molar-refractivity contribution in [1.29, 1.82) is 0 Å². The molecule has 8 nitrogen and oxygen atoms in total. The van der Waals surface area contributed by atoms with Crippen LogP contribution in [0.25, 0.3) is 32.8 Å². The molecule has 0 spiro atoms. The second kappa shape index (κ2) is 10.7. The molecule has 4 fully saturated rings. The Morgan fingerprint density at radius 1 is 1.04 bits per heavy atom. The van der Waals surface area contributed by atoms with Crippen molar-refractivity contribution in [2.75, 3.05) is 37.7 Å². The lowest BCUT2D eigenvalue weighted by atomic mass is 9.92. The van der Waals surface area contributed by atoms with E-state index in [-0.39, 0.29) is 42.5 Å². The highest BCUT2D eigenvalue weighted by Gasteiger charge is 2.50. The third-order valence-electron chi connectivity index (χ3n) is 10.7. The Labute approximate surface area is 265 Å². The van der Waals surface area contributed by atoms with Crippen LogP contribution >= 0.6 is 0 Å². The molecular formula is C34H35F3N4O4S. The van der Waals surface area contributed by atoms with Crippen LogP contribution in [0.4, 0.5) is 19.0 Å². The summed E-state index contributed by atoms with van der Waals surface area (Å²) in [5.41, 5.74) is 0.364. The molecule has 46 heavy (non-hydrogen) atoms. The lowest BCUT2D eigenvalue weighted by Gasteiger charge is -2.34. The van der Waals surface area contributed by atoms with E-state index in [0.717, 1.165) is 19.4 Å². The SMILES string of the molecule is CCc1c(F)ccc2cc(O)cc(-c3ccc4c(N5CC6CCC(C5)S6(=O)=O)nc(OC[C@@]56CCCN5C[C@H](F)C6)nc4c3F)c12. The van der Waals surface area contributed by atoms with Crippen molar-refractivity contribution in [2.45, 2.75) is 67.7 Å². The highest BCUT2D eigenvalue weighted by molar-refractivity contribution is 7.93. The van der Waals surface area contributed by atoms with Gasteiger partial charge in [0.2, 0.25) is 0 Å². The molecule has 0 saturated carbocycles. The fourth-order valence-electron chi connectivity index (χ4n) is 8.45. The third-order valence-corrected chi connectivity index (χ3v) is 13.3. The van der Waals surface area contributed by atoms with Crippen LogP contribution in [0.1, 0.15) is 44.6 Å². The van der Waals surface area contributed by atoms with Crippen molar-refractivity contribution < 1.29 is 31.4 Å². The first-order valence-electron chi connectivity index (χ1n) is 16.0. The molecule has 1 N–H and O–H groups in total. The van der Waals surface area contributed by atoms with Crippen molar-refractivity contribution in [3.8, 4) is 22.9 Å². The molecule has 2 bridgehead atoms. The Balaban J connectivity index is 1.28. The van der Waals surface area contributed by atoms with Gasteiger partial charge in [-0.1, -0.05) is 19.1 Å². The first kappa shape index (κ1) is 29.7. The summed E-state index contributed by atoms with van der Waals surface area (Å²) >= 11 is 0. The van der Waals surface area contributed by atoms with Crippen LogP contribution in [0.3, 0.4) is 0 Å². The van der Waals surface area contributed by atoms with Gasteiger partial charge in [0, 0.05) is 37.0 Å². The van der Waals surface area contributed by atoms with Gasteiger partial charge in [0.25, 0.3) is 0 Å². The summed E-state index contributed by atoms with van der Waals surface area (Å²) in [5.74, 6) is -0.812. The second-order valence-electron chi connectivity index (χ2n) is 13.3. The highest BCUT2D eigenvalue weighted by Crippen LogP contribution is 2.43. The van der Waals surface area contributed by atoms with Crippen LogP contribution in [-0.2, 0) is 16.3 Å². The Morgan fingerprint density at radius 2 is 1.83 bits per heavy atom. The van der Waals surface area contributed by atoms with Crippen molar-refractivity contribution in [1.82, 2.24) is 14.9 Å². The quantitative estimate of drug-likeness (QED) is 0.283. The minimum atomic E-state index is -3.24. The predicted octanol–water partition coefficient (Wildman–Crippen LogP) is 5.72. The molecule has 242 valence electrons. The summed E-state index contributed by atoms with van der Waals surface area (Å²) < 4.78 is 78.3. The van der Waals surface area contributed by atoms with Gasteiger partial charge in [-0.2, -0.15) is 9.97 Å². The van der Waals surface area contributed by atoms with Crippen LogP contribution in [0.15, 0.2) is 36.4 Å². The van der Waals surface area contributed by atoms with Gasteiger partial charge in [-0.05, 0) is 84.8 Å². The molecule has 0 amide bonds. The van der Waals surface area contributed by atoms with Crippen molar-refractivity contribution in [3.63, 3.8) is 0 Å². The predicted molar refractivity (Wildman–Crippen MR) is 170 cm³/mol. The lowest BCUT2D eigenvalue weighted by Crippen LogP contribution is -2.47. The number of aryl methyl sites for hydroxylation is 1. The number of benzene rings is 3. The average molecular weight is 653 g/mol. The maximum atomic E-state index is 16.9. The zero-order valence-electron chi connectivity index (χ0n) is 25.5. The van der Waals surface area contributed by atoms with Gasteiger partial charge in [0.15, 0.2) is 15.7 Å². The molecule has 4 saturated heterocycles. The summed E-state index contributed by atoms with van der Waals surface area (Å²) in [5, 5.41) is 11.0. The number of alkyl halides is 1. The highest BCUT2D eigenvalue weighted by atomic mass is 32.2. The summed E-state index contributed by atoms with van der Waals surface area (Å²) in [6.07, 6.45) is 2.61. The number of aromatic nitrogens is 2. The zero-order valence-corrected chi connectivity index (χ0v) is 26.3. The standard InChI is InChI=1S/C34H35F3N4O4S/c1-2-24-28(36)9-4-19-12-21(42)13-27(29(19)24)25-7-8-26-31(30(25)37)38-33(45-18-34-10-3-11-41(34)15-20(35)14-34)39-32(26)40-16-22-5-6-23(17-40)46(22,43)44/h4,7-9,12-13,20,22-23,42H,2-3,5-6,10-11,14-18H2,1H3/t20-,22?,23?,34+/m1/s1. The summed E-state index contributed by atoms with van der Waals surface area (Å²) in [6, 6.07) is 9.07. The van der Waals surface area contributed by atoms with E-state index >= 15 is 4.39 Å². The van der Waals surface area contributed by atoms with E-state index in [2.05, 4.69) is 9.88 Å². The number of phenols is 1. The van der Waals surface area contributed by atoms with Gasteiger partial charge < -0.3 is 14.7 Å². The Morgan fingerprint density at radius 3 is 2.59 bits per heavy atom. The molecular weight excluding hydrogens is 617 g/mol. The first-order chi connectivity index (χ1) is 22.1. The van der Waals surface area contributed by atoms with Crippen LogP contribution in [0.5, 0.6) is 11.8 Å². The van der Waals surface area contributed by atoms with Gasteiger partial charge in [0.05, 0.1) is 16.0 Å². The first-order valence-corrected chi connectivity index (χ1v) is 17.6. The molecule has 4 atom stereocenters. The van der Waals surface area contributed by atoms with Gasteiger partial charge in [-0.3, -0.25) is 4.90 Å². The third kappa shape index (κ3) is 4.54. The minimum Gasteiger partial charge on any atom is -0.508 e. The van der Waals surface area contributed by atoms with Crippen molar-refractivity contribution in [3.05, 3.63) is 53.6 Å². The summed E-state index contributed by atoms with van der Waals surface area (Å²) in [6.45, 7) is 3.57. The molecule has 2 unspecified atom stereocenters. The molecule has 4 aliphatic heterocycles. The average Bonchev–Trinajstić information content (AvgIpc) is 3.56. The number of aromatic hydroxyl groups is 1. The molecule has 4 aromatic rings. The number of hydrogen-bond donors (Lipinski definition) is 1. The van der Waals surface area contributed by atoms with Gasteiger partial charge in [-0.25, -0.2) is 21.6 Å². The maximum Gasteiger partial charge on any atom is 0.319 e. The van der Waals surface area contributed by atoms with Crippen LogP contribution in [0.2, 0.25) is 0 Å². The molecule has 4 aliphatic rings. The summed E-state index contributed by atoms with van der Waals surface area (Å²) in [4.78, 5) is 13.3. The Bertz CT molecular complexity index is 1990. The van der Waals surface area contributed by atoms with E-state index in [1.165, 1.54) is 18.2 Å². The van der Waals surface area contributed by atoms with E-state index in [9.17, 15) is 22.3 Å². The number of hydrogen-bond acceptors (Lipinski definition) is 8. The van der Waals surface area contributed by atoms with Crippen molar-refractivity contribution in [2.24, 2.45) is 0 Å². The van der Waals surface area contributed by atoms with E-state index in [4.69, 9.17) is 9.72 Å². The van der Waals surface area contributed by atoms with Gasteiger partial charge in [0.1, 0.15) is 35.7 Å². The molecule has 12 heteroatoms. The number of halogens is 3. The normalized spacial score (nSPS) is 27.1. The monoisotopic (exact) mass is 652 g/mol.